The number of esters is 1. The monoisotopic (exact) mass is 432 g/mol. The number of ketones is 1. The van der Waals surface area contributed by atoms with E-state index in [1.54, 1.807) is 36.4 Å². The highest BCUT2D eigenvalue weighted by molar-refractivity contribution is 6.16. The van der Waals surface area contributed by atoms with Crippen LogP contribution in [0.25, 0.3) is 0 Å². The second-order valence-electron chi connectivity index (χ2n) is 8.52. The van der Waals surface area contributed by atoms with E-state index in [9.17, 15) is 19.2 Å². The van der Waals surface area contributed by atoms with Crippen LogP contribution in [0.5, 0.6) is 0 Å². The van der Waals surface area contributed by atoms with E-state index in [0.717, 1.165) is 24.8 Å². The number of fused-ring (bicyclic) bond motifs is 3. The zero-order chi connectivity index (χ0) is 22.5. The summed E-state index contributed by atoms with van der Waals surface area (Å²) in [7, 11) is 0. The molecule has 0 spiro atoms. The topological polar surface area (TPSA) is 84.0 Å². The lowest BCUT2D eigenvalue weighted by Gasteiger charge is -2.48. The van der Waals surface area contributed by atoms with E-state index < -0.39 is 18.2 Å². The van der Waals surface area contributed by atoms with Crippen LogP contribution in [0.1, 0.15) is 58.9 Å². The first-order chi connectivity index (χ1) is 15.5. The standard InChI is InChI=1S/C25H24N2O5/c1-2-16-7-9-17(10-8-16)21(28)15-32-24(31)25-14-13-22(29)27(25)20-6-4-3-5-19(20)23(30)26(25)18-11-12-18/h3-10,18H,2,11-15H2,1H3. The number of rotatable bonds is 6. The van der Waals surface area contributed by atoms with Crippen molar-refractivity contribution in [2.24, 2.45) is 0 Å². The van der Waals surface area contributed by atoms with Gasteiger partial charge in [0.25, 0.3) is 5.91 Å². The molecule has 5 rings (SSSR count). The van der Waals surface area contributed by atoms with Crippen LogP contribution < -0.4 is 4.90 Å². The first-order valence-corrected chi connectivity index (χ1v) is 11.0. The van der Waals surface area contributed by atoms with Gasteiger partial charge in [0.05, 0.1) is 11.3 Å². The molecule has 0 N–H and O–H groups in total. The van der Waals surface area contributed by atoms with E-state index in [2.05, 4.69) is 0 Å². The molecule has 1 saturated heterocycles. The number of aryl methyl sites for hydroxylation is 1. The number of ether oxygens (including phenoxy) is 1. The van der Waals surface area contributed by atoms with Gasteiger partial charge in [-0.3, -0.25) is 19.3 Å². The molecule has 2 amide bonds. The molecule has 2 aromatic rings. The third kappa shape index (κ3) is 3.03. The maximum atomic E-state index is 13.5. The van der Waals surface area contributed by atoms with Crippen molar-refractivity contribution in [3.63, 3.8) is 0 Å². The highest BCUT2D eigenvalue weighted by Crippen LogP contribution is 2.49. The SMILES string of the molecule is CCc1ccc(C(=O)COC(=O)C23CCC(=O)N2c2ccccc2C(=O)N3C2CC2)cc1. The van der Waals surface area contributed by atoms with Crippen LogP contribution in [0.3, 0.4) is 0 Å². The van der Waals surface area contributed by atoms with Crippen LogP contribution in [0.4, 0.5) is 5.69 Å². The molecule has 32 heavy (non-hydrogen) atoms. The van der Waals surface area contributed by atoms with Crippen LogP contribution in [0.15, 0.2) is 48.5 Å². The van der Waals surface area contributed by atoms with Crippen LogP contribution in [0.2, 0.25) is 0 Å². The fourth-order valence-electron chi connectivity index (χ4n) is 4.77. The molecular formula is C25H24N2O5. The van der Waals surface area contributed by atoms with Crippen molar-refractivity contribution in [2.75, 3.05) is 11.5 Å². The number of hydrogen-bond acceptors (Lipinski definition) is 5. The average molecular weight is 432 g/mol. The highest BCUT2D eigenvalue weighted by Gasteiger charge is 2.64. The predicted molar refractivity (Wildman–Crippen MR) is 116 cm³/mol. The van der Waals surface area contributed by atoms with Gasteiger partial charge < -0.3 is 9.64 Å². The smallest absolute Gasteiger partial charge is 0.354 e. The normalized spacial score (nSPS) is 21.9. The molecule has 2 aliphatic heterocycles. The first-order valence-electron chi connectivity index (χ1n) is 11.0. The molecule has 1 unspecified atom stereocenters. The van der Waals surface area contributed by atoms with E-state index in [-0.39, 0.29) is 36.5 Å². The molecule has 3 aliphatic rings. The van der Waals surface area contributed by atoms with E-state index >= 15 is 0 Å². The van der Waals surface area contributed by atoms with Crippen LogP contribution >= 0.6 is 0 Å². The maximum absolute atomic E-state index is 13.5. The third-order valence-corrected chi connectivity index (χ3v) is 6.56. The van der Waals surface area contributed by atoms with Crippen molar-refractivity contribution < 1.29 is 23.9 Å². The Labute approximate surface area is 185 Å². The van der Waals surface area contributed by atoms with Gasteiger partial charge >= 0.3 is 5.97 Å². The number of benzene rings is 2. The summed E-state index contributed by atoms with van der Waals surface area (Å²) >= 11 is 0. The molecule has 7 nitrogen and oxygen atoms in total. The molecule has 2 aromatic carbocycles. The summed E-state index contributed by atoms with van der Waals surface area (Å²) in [6, 6.07) is 13.9. The highest BCUT2D eigenvalue weighted by atomic mass is 16.5. The fraction of sp³-hybridized carbons (Fsp3) is 0.360. The van der Waals surface area contributed by atoms with Gasteiger partial charge in [0.2, 0.25) is 11.6 Å². The molecule has 0 aromatic heterocycles. The quantitative estimate of drug-likeness (QED) is 0.517. The van der Waals surface area contributed by atoms with E-state index in [1.807, 2.05) is 19.1 Å². The Hall–Kier alpha value is -3.48. The lowest BCUT2D eigenvalue weighted by molar-refractivity contribution is -0.156. The minimum absolute atomic E-state index is 0.117. The van der Waals surface area contributed by atoms with E-state index in [0.29, 0.717) is 16.8 Å². The number of amides is 2. The maximum Gasteiger partial charge on any atom is 0.354 e. The van der Waals surface area contributed by atoms with Gasteiger partial charge in [0.15, 0.2) is 12.4 Å². The third-order valence-electron chi connectivity index (χ3n) is 6.56. The zero-order valence-corrected chi connectivity index (χ0v) is 17.9. The van der Waals surface area contributed by atoms with Gasteiger partial charge in [-0.25, -0.2) is 4.79 Å². The number of carbonyl (C=O) groups excluding carboxylic acids is 4. The Morgan fingerprint density at radius 3 is 2.47 bits per heavy atom. The average Bonchev–Trinajstić information content (AvgIpc) is 3.59. The van der Waals surface area contributed by atoms with Gasteiger partial charge in [-0.15, -0.1) is 0 Å². The van der Waals surface area contributed by atoms with Gasteiger partial charge in [-0.1, -0.05) is 43.3 Å². The van der Waals surface area contributed by atoms with Crippen LogP contribution in [-0.2, 0) is 20.7 Å². The summed E-state index contributed by atoms with van der Waals surface area (Å²) in [5, 5.41) is 0. The van der Waals surface area contributed by atoms with Crippen molar-refractivity contribution >= 4 is 29.3 Å². The van der Waals surface area contributed by atoms with E-state index in [1.165, 1.54) is 9.80 Å². The lowest BCUT2D eigenvalue weighted by atomic mass is 9.96. The second-order valence-corrected chi connectivity index (χ2v) is 8.52. The Morgan fingerprint density at radius 1 is 1.06 bits per heavy atom. The Bertz CT molecular complexity index is 1120. The number of hydrogen-bond donors (Lipinski definition) is 0. The fourth-order valence-corrected chi connectivity index (χ4v) is 4.77. The zero-order valence-electron chi connectivity index (χ0n) is 17.9. The minimum Gasteiger partial charge on any atom is -0.454 e. The van der Waals surface area contributed by atoms with Gasteiger partial charge in [0.1, 0.15) is 0 Å². The molecule has 1 saturated carbocycles. The van der Waals surface area contributed by atoms with Crippen molar-refractivity contribution in [2.45, 2.75) is 50.7 Å². The second kappa shape index (κ2) is 7.58. The minimum atomic E-state index is -1.53. The Balaban J connectivity index is 1.46. The molecule has 2 heterocycles. The van der Waals surface area contributed by atoms with Crippen molar-refractivity contribution in [1.82, 2.24) is 4.90 Å². The van der Waals surface area contributed by atoms with Gasteiger partial charge in [-0.2, -0.15) is 0 Å². The van der Waals surface area contributed by atoms with Crippen molar-refractivity contribution in [3.8, 4) is 0 Å². The lowest BCUT2D eigenvalue weighted by Crippen LogP contribution is -2.69. The molecule has 0 radical (unpaired) electrons. The molecule has 164 valence electrons. The molecule has 0 bridgehead atoms. The Kier molecular flexibility index (Phi) is 4.84. The Morgan fingerprint density at radius 2 is 1.78 bits per heavy atom. The molecule has 1 atom stereocenters. The number of para-hydroxylation sites is 1. The summed E-state index contributed by atoms with van der Waals surface area (Å²) in [6.45, 7) is 1.59. The van der Waals surface area contributed by atoms with Crippen LogP contribution in [0, 0.1) is 0 Å². The molecule has 7 heteroatoms. The van der Waals surface area contributed by atoms with Crippen molar-refractivity contribution in [1.29, 1.82) is 0 Å². The first kappa shape index (κ1) is 20.4. The summed E-state index contributed by atoms with van der Waals surface area (Å²) in [5.41, 5.74) is 0.865. The summed E-state index contributed by atoms with van der Waals surface area (Å²) in [4.78, 5) is 55.4. The number of nitrogens with zero attached hydrogens (tertiary/aromatic N) is 2. The summed E-state index contributed by atoms with van der Waals surface area (Å²) in [5.74, 6) is -1.55. The van der Waals surface area contributed by atoms with Gasteiger partial charge in [-0.05, 0) is 37.0 Å². The number of anilines is 1. The van der Waals surface area contributed by atoms with Crippen molar-refractivity contribution in [3.05, 3.63) is 65.2 Å². The van der Waals surface area contributed by atoms with Gasteiger partial charge in [0, 0.05) is 24.4 Å². The molecular weight excluding hydrogens is 408 g/mol. The number of Topliss-reactive ketones (excluding diaryl/α,β-unsaturated/α-hetero) is 1. The predicted octanol–water partition coefficient (Wildman–Crippen LogP) is 3.12. The van der Waals surface area contributed by atoms with Crippen LogP contribution in [-0.4, -0.2) is 46.8 Å². The molecule has 1 aliphatic carbocycles. The summed E-state index contributed by atoms with van der Waals surface area (Å²) < 4.78 is 5.50. The number of carbonyl (C=O) groups is 4. The van der Waals surface area contributed by atoms with E-state index in [4.69, 9.17) is 4.74 Å². The molecule has 2 fully saturated rings. The largest absolute Gasteiger partial charge is 0.454 e. The summed E-state index contributed by atoms with van der Waals surface area (Å²) in [6.07, 6.45) is 2.69.